The highest BCUT2D eigenvalue weighted by Crippen LogP contribution is 2.15. The Bertz CT molecular complexity index is 722. The molecular weight excluding hydrogens is 313 g/mol. The number of halogens is 1. The summed E-state index contributed by atoms with van der Waals surface area (Å²) in [6.07, 6.45) is 3.08. The summed E-state index contributed by atoms with van der Waals surface area (Å²) in [5.41, 5.74) is 1.09. The molecule has 1 aromatic carbocycles. The number of ether oxygens (including phenoxy) is 1. The molecule has 2 N–H and O–H groups in total. The molecule has 126 valence electrons. The van der Waals surface area contributed by atoms with E-state index in [1.54, 1.807) is 32.2 Å². The van der Waals surface area contributed by atoms with Crippen molar-refractivity contribution in [3.05, 3.63) is 54.1 Å². The molecule has 1 atom stereocenters. The monoisotopic (exact) mass is 331 g/mol. The predicted octanol–water partition coefficient (Wildman–Crippen LogP) is 2.05. The van der Waals surface area contributed by atoms with E-state index in [0.717, 1.165) is 0 Å². The van der Waals surface area contributed by atoms with Crippen LogP contribution in [0.25, 0.3) is 0 Å². The summed E-state index contributed by atoms with van der Waals surface area (Å²) < 4.78 is 18.3. The van der Waals surface area contributed by atoms with Crippen LogP contribution in [0.1, 0.15) is 12.5 Å². The van der Waals surface area contributed by atoms with Gasteiger partial charge in [0.2, 0.25) is 5.91 Å². The van der Waals surface area contributed by atoms with Crippen LogP contribution < -0.4 is 15.4 Å². The molecule has 0 unspecified atom stereocenters. The molecule has 0 saturated heterocycles. The number of hydrogen-bond donors (Lipinski definition) is 2. The van der Waals surface area contributed by atoms with Crippen LogP contribution in [0.3, 0.4) is 0 Å². The molecule has 1 heterocycles. The second-order valence-corrected chi connectivity index (χ2v) is 5.22. The maximum absolute atomic E-state index is 13.1. The van der Waals surface area contributed by atoms with E-state index in [1.807, 2.05) is 0 Å². The fraction of sp³-hybridized carbons (Fsp3) is 0.235. The number of benzene rings is 1. The van der Waals surface area contributed by atoms with Crippen LogP contribution >= 0.6 is 0 Å². The number of anilines is 1. The standard InChI is InChI=1S/C17H18FN3O3/c1-11-8-13(18)5-6-15(11)21-17(23)12(2)20-16(22)10-24-14-4-3-7-19-9-14/h3-9,12H,10H2,1-2H3,(H,20,22)(H,21,23)/t12-/m0/s1. The number of rotatable bonds is 6. The fourth-order valence-corrected chi connectivity index (χ4v) is 1.94. The van der Waals surface area contributed by atoms with E-state index in [2.05, 4.69) is 15.6 Å². The van der Waals surface area contributed by atoms with Crippen molar-refractivity contribution in [2.75, 3.05) is 11.9 Å². The Labute approximate surface area is 139 Å². The average molecular weight is 331 g/mol. The van der Waals surface area contributed by atoms with E-state index < -0.39 is 17.9 Å². The number of carbonyl (C=O) groups is 2. The quantitative estimate of drug-likeness (QED) is 0.849. The van der Waals surface area contributed by atoms with Gasteiger partial charge >= 0.3 is 0 Å². The third-order valence-electron chi connectivity index (χ3n) is 3.22. The molecule has 0 aliphatic rings. The zero-order valence-electron chi connectivity index (χ0n) is 13.4. The van der Waals surface area contributed by atoms with Crippen molar-refractivity contribution in [2.24, 2.45) is 0 Å². The second-order valence-electron chi connectivity index (χ2n) is 5.22. The summed E-state index contributed by atoms with van der Waals surface area (Å²) in [6.45, 7) is 3.01. The molecule has 1 aromatic heterocycles. The van der Waals surface area contributed by atoms with Gasteiger partial charge in [0.25, 0.3) is 5.91 Å². The molecule has 0 fully saturated rings. The highest BCUT2D eigenvalue weighted by Gasteiger charge is 2.16. The fourth-order valence-electron chi connectivity index (χ4n) is 1.94. The van der Waals surface area contributed by atoms with Gasteiger partial charge in [0.1, 0.15) is 17.6 Å². The first-order valence-corrected chi connectivity index (χ1v) is 7.35. The van der Waals surface area contributed by atoms with Gasteiger partial charge in [-0.3, -0.25) is 14.6 Å². The summed E-state index contributed by atoms with van der Waals surface area (Å²) in [7, 11) is 0. The molecule has 0 radical (unpaired) electrons. The first-order valence-electron chi connectivity index (χ1n) is 7.35. The molecule has 6 nitrogen and oxygen atoms in total. The van der Waals surface area contributed by atoms with Gasteiger partial charge in [0, 0.05) is 11.9 Å². The van der Waals surface area contributed by atoms with E-state index in [0.29, 0.717) is 17.0 Å². The number of aromatic nitrogens is 1. The Balaban J connectivity index is 1.83. The third kappa shape index (κ3) is 5.05. The Morgan fingerprint density at radius 1 is 1.33 bits per heavy atom. The second kappa shape index (κ2) is 8.05. The minimum absolute atomic E-state index is 0.223. The van der Waals surface area contributed by atoms with Crippen molar-refractivity contribution in [2.45, 2.75) is 19.9 Å². The van der Waals surface area contributed by atoms with Crippen LogP contribution in [0.4, 0.5) is 10.1 Å². The lowest BCUT2D eigenvalue weighted by atomic mass is 10.2. The molecule has 24 heavy (non-hydrogen) atoms. The number of nitrogens with zero attached hydrogens (tertiary/aromatic N) is 1. The van der Waals surface area contributed by atoms with Crippen molar-refractivity contribution in [3.63, 3.8) is 0 Å². The number of hydrogen-bond acceptors (Lipinski definition) is 4. The zero-order chi connectivity index (χ0) is 17.5. The van der Waals surface area contributed by atoms with Crippen molar-refractivity contribution < 1.29 is 18.7 Å². The maximum atomic E-state index is 13.1. The summed E-state index contributed by atoms with van der Waals surface area (Å²) in [6, 6.07) is 6.65. The number of amides is 2. The van der Waals surface area contributed by atoms with Crippen LogP contribution in [0.15, 0.2) is 42.7 Å². The average Bonchev–Trinajstić information content (AvgIpc) is 2.56. The molecule has 0 bridgehead atoms. The normalized spacial score (nSPS) is 11.5. The highest BCUT2D eigenvalue weighted by atomic mass is 19.1. The molecular formula is C17H18FN3O3. The molecule has 7 heteroatoms. The topological polar surface area (TPSA) is 80.3 Å². The molecule has 2 aromatic rings. The number of pyridine rings is 1. The first-order chi connectivity index (χ1) is 11.5. The van der Waals surface area contributed by atoms with Crippen LogP contribution in [0.5, 0.6) is 5.75 Å². The Kier molecular flexibility index (Phi) is 5.83. The molecule has 2 rings (SSSR count). The molecule has 0 aliphatic heterocycles. The van der Waals surface area contributed by atoms with Gasteiger partial charge in [0.05, 0.1) is 6.20 Å². The molecule has 2 amide bonds. The molecule has 0 aliphatic carbocycles. The lowest BCUT2D eigenvalue weighted by Gasteiger charge is -2.15. The van der Waals surface area contributed by atoms with Gasteiger partial charge in [-0.1, -0.05) is 0 Å². The smallest absolute Gasteiger partial charge is 0.258 e. The number of aryl methyl sites for hydroxylation is 1. The molecule has 0 spiro atoms. The van der Waals surface area contributed by atoms with E-state index in [9.17, 15) is 14.0 Å². The zero-order valence-corrected chi connectivity index (χ0v) is 13.4. The lowest BCUT2D eigenvalue weighted by Crippen LogP contribution is -2.43. The van der Waals surface area contributed by atoms with E-state index in [1.165, 1.54) is 24.4 Å². The van der Waals surface area contributed by atoms with Gasteiger partial charge in [-0.05, 0) is 49.7 Å². The summed E-state index contributed by atoms with van der Waals surface area (Å²) in [5.74, 6) is -0.747. The number of carbonyl (C=O) groups excluding carboxylic acids is 2. The SMILES string of the molecule is Cc1cc(F)ccc1NC(=O)[C@H](C)NC(=O)COc1cccnc1. The Hall–Kier alpha value is -2.96. The predicted molar refractivity (Wildman–Crippen MR) is 87.1 cm³/mol. The van der Waals surface area contributed by atoms with Crippen LogP contribution in [0.2, 0.25) is 0 Å². The first kappa shape index (κ1) is 17.4. The van der Waals surface area contributed by atoms with Gasteiger partial charge in [-0.25, -0.2) is 4.39 Å². The number of nitrogens with one attached hydrogen (secondary N) is 2. The lowest BCUT2D eigenvalue weighted by molar-refractivity contribution is -0.127. The molecule has 0 saturated carbocycles. The van der Waals surface area contributed by atoms with Crippen molar-refractivity contribution >= 4 is 17.5 Å². The Morgan fingerprint density at radius 2 is 2.12 bits per heavy atom. The van der Waals surface area contributed by atoms with E-state index in [-0.39, 0.29) is 12.4 Å². The van der Waals surface area contributed by atoms with Crippen LogP contribution in [-0.2, 0) is 9.59 Å². The van der Waals surface area contributed by atoms with Gasteiger partial charge in [-0.2, -0.15) is 0 Å². The van der Waals surface area contributed by atoms with Crippen LogP contribution in [0, 0.1) is 12.7 Å². The third-order valence-corrected chi connectivity index (χ3v) is 3.22. The van der Waals surface area contributed by atoms with Gasteiger partial charge < -0.3 is 15.4 Å². The van der Waals surface area contributed by atoms with E-state index >= 15 is 0 Å². The Morgan fingerprint density at radius 3 is 2.79 bits per heavy atom. The summed E-state index contributed by atoms with van der Waals surface area (Å²) in [5, 5.41) is 5.18. The summed E-state index contributed by atoms with van der Waals surface area (Å²) in [4.78, 5) is 27.8. The van der Waals surface area contributed by atoms with Gasteiger partial charge in [0.15, 0.2) is 6.61 Å². The van der Waals surface area contributed by atoms with Crippen LogP contribution in [-0.4, -0.2) is 29.4 Å². The minimum Gasteiger partial charge on any atom is -0.482 e. The minimum atomic E-state index is -0.764. The van der Waals surface area contributed by atoms with Gasteiger partial charge in [-0.15, -0.1) is 0 Å². The maximum Gasteiger partial charge on any atom is 0.258 e. The van der Waals surface area contributed by atoms with Crippen molar-refractivity contribution in [1.29, 1.82) is 0 Å². The van der Waals surface area contributed by atoms with E-state index in [4.69, 9.17) is 4.74 Å². The largest absolute Gasteiger partial charge is 0.482 e. The van der Waals surface area contributed by atoms with Crippen molar-refractivity contribution in [1.82, 2.24) is 10.3 Å². The van der Waals surface area contributed by atoms with Crippen molar-refractivity contribution in [3.8, 4) is 5.75 Å². The summed E-state index contributed by atoms with van der Waals surface area (Å²) >= 11 is 0. The highest BCUT2D eigenvalue weighted by molar-refractivity contribution is 5.97.